The van der Waals surface area contributed by atoms with Crippen LogP contribution < -0.4 is 20.5 Å². The summed E-state index contributed by atoms with van der Waals surface area (Å²) < 4.78 is 7.04. The lowest BCUT2D eigenvalue weighted by Gasteiger charge is -2.32. The molecule has 3 aromatic rings. The normalized spacial score (nSPS) is 14.4. The van der Waals surface area contributed by atoms with E-state index in [2.05, 4.69) is 17.1 Å². The topological polar surface area (TPSA) is 76.5 Å². The van der Waals surface area contributed by atoms with Gasteiger partial charge < -0.3 is 19.5 Å². The van der Waals surface area contributed by atoms with Gasteiger partial charge in [0.2, 0.25) is 0 Å². The van der Waals surface area contributed by atoms with Crippen LogP contribution in [0.25, 0.3) is 10.9 Å². The summed E-state index contributed by atoms with van der Waals surface area (Å²) in [5.74, 6) is 2.40. The van der Waals surface area contributed by atoms with E-state index in [4.69, 9.17) is 21.3 Å². The van der Waals surface area contributed by atoms with Crippen molar-refractivity contribution >= 4 is 45.6 Å². The molecule has 180 valence electrons. The van der Waals surface area contributed by atoms with E-state index < -0.39 is 0 Å². The maximum absolute atomic E-state index is 12.6. The molecule has 0 spiro atoms. The number of Topliss-reactive ketones (excluding diaryl/α,β-unsaturated/α-hetero) is 1. The van der Waals surface area contributed by atoms with Crippen molar-refractivity contribution in [3.05, 3.63) is 51.8 Å². The van der Waals surface area contributed by atoms with Gasteiger partial charge in [-0.15, -0.1) is 0 Å². The van der Waals surface area contributed by atoms with Crippen LogP contribution in [0.1, 0.15) is 39.5 Å². The maximum Gasteiger partial charge on any atom is 0.293 e. The van der Waals surface area contributed by atoms with E-state index in [0.717, 1.165) is 41.4 Å². The van der Waals surface area contributed by atoms with E-state index in [0.29, 0.717) is 17.3 Å². The van der Waals surface area contributed by atoms with Gasteiger partial charge >= 0.3 is 0 Å². The number of nitrogens with one attached hydrogen (secondary N) is 1. The molecule has 4 rings (SSSR count). The Morgan fingerprint density at radius 3 is 2.65 bits per heavy atom. The van der Waals surface area contributed by atoms with Crippen molar-refractivity contribution in [3.8, 4) is 5.75 Å². The van der Waals surface area contributed by atoms with E-state index in [9.17, 15) is 9.59 Å². The predicted molar refractivity (Wildman–Crippen MR) is 138 cm³/mol. The van der Waals surface area contributed by atoms with Crippen molar-refractivity contribution in [1.82, 2.24) is 9.55 Å². The molecule has 34 heavy (non-hydrogen) atoms. The van der Waals surface area contributed by atoms with Gasteiger partial charge in [-0.3, -0.25) is 9.59 Å². The number of benzene rings is 1. The fourth-order valence-electron chi connectivity index (χ4n) is 4.30. The van der Waals surface area contributed by atoms with Crippen LogP contribution in [0.2, 0.25) is 5.02 Å². The first-order valence-electron chi connectivity index (χ1n) is 11.9. The van der Waals surface area contributed by atoms with Crippen molar-refractivity contribution in [2.75, 3.05) is 29.9 Å². The number of nitrogens with zero attached hydrogens (tertiary/aromatic N) is 3. The Hall–Kier alpha value is -3.06. The average Bonchev–Trinajstić information content (AvgIpc) is 2.86. The van der Waals surface area contributed by atoms with E-state index >= 15 is 0 Å². The van der Waals surface area contributed by atoms with Gasteiger partial charge in [-0.2, -0.15) is 0 Å². The zero-order chi connectivity index (χ0) is 24.2. The minimum absolute atomic E-state index is 0.0583. The van der Waals surface area contributed by atoms with Gasteiger partial charge in [0.15, 0.2) is 17.4 Å². The number of halogens is 1. The highest BCUT2D eigenvalue weighted by Gasteiger charge is 2.20. The van der Waals surface area contributed by atoms with Gasteiger partial charge in [0.1, 0.15) is 12.4 Å². The quantitative estimate of drug-likeness (QED) is 0.468. The molecule has 0 saturated carbocycles. The average molecular weight is 483 g/mol. The number of hydrogen-bond donors (Lipinski definition) is 1. The van der Waals surface area contributed by atoms with Crippen LogP contribution in [0, 0.1) is 5.92 Å². The number of rotatable bonds is 8. The number of aryl methyl sites for hydroxylation is 1. The molecule has 1 aliphatic rings. The molecule has 7 nitrogen and oxygen atoms in total. The molecular weight excluding hydrogens is 452 g/mol. The number of ether oxygens (including phenoxy) is 1. The van der Waals surface area contributed by atoms with E-state index in [1.165, 1.54) is 23.8 Å². The van der Waals surface area contributed by atoms with E-state index in [1.54, 1.807) is 20.0 Å². The summed E-state index contributed by atoms with van der Waals surface area (Å²) >= 11 is 6.46. The summed E-state index contributed by atoms with van der Waals surface area (Å²) in [6.45, 7) is 5.91. The number of pyridine rings is 2. The molecule has 8 heteroatoms. The van der Waals surface area contributed by atoms with E-state index in [1.807, 2.05) is 30.3 Å². The molecule has 1 saturated heterocycles. The Morgan fingerprint density at radius 1 is 1.18 bits per heavy atom. The minimum atomic E-state index is -0.277. The first-order chi connectivity index (χ1) is 16.4. The second-order valence-electron chi connectivity index (χ2n) is 8.79. The zero-order valence-corrected chi connectivity index (χ0v) is 20.7. The van der Waals surface area contributed by atoms with Crippen molar-refractivity contribution in [1.29, 1.82) is 0 Å². The zero-order valence-electron chi connectivity index (χ0n) is 19.9. The summed E-state index contributed by atoms with van der Waals surface area (Å²) in [4.78, 5) is 31.4. The first-order valence-corrected chi connectivity index (χ1v) is 12.2. The Labute approximate surface area is 204 Å². The van der Waals surface area contributed by atoms with Crippen LogP contribution >= 0.6 is 11.6 Å². The van der Waals surface area contributed by atoms with Gasteiger partial charge in [-0.1, -0.05) is 31.9 Å². The number of hydrogen-bond acceptors (Lipinski definition) is 6. The van der Waals surface area contributed by atoms with Crippen LogP contribution in [-0.4, -0.2) is 35.0 Å². The highest BCUT2D eigenvalue weighted by molar-refractivity contribution is 6.33. The standard InChI is InChI=1S/C26H31ClN4O3/c1-4-17-10-12-31(13-11-17)24-9-7-21(27)25(29-24)28-19-6-8-22-18(14-19)15-23(26(33)30(22)3)34-16-20(32)5-2/h6-9,14-15,17H,4-5,10-13,16H2,1-3H3,(H,28,29). The highest BCUT2D eigenvalue weighted by Crippen LogP contribution is 2.30. The summed E-state index contributed by atoms with van der Waals surface area (Å²) in [5, 5.41) is 4.67. The molecule has 2 aromatic heterocycles. The smallest absolute Gasteiger partial charge is 0.293 e. The molecule has 1 aliphatic heterocycles. The largest absolute Gasteiger partial charge is 0.480 e. The van der Waals surface area contributed by atoms with Gasteiger partial charge in [-0.25, -0.2) is 4.98 Å². The van der Waals surface area contributed by atoms with Crippen LogP contribution in [0.3, 0.4) is 0 Å². The number of carbonyl (C=O) groups excluding carboxylic acids is 1. The molecule has 1 fully saturated rings. The van der Waals surface area contributed by atoms with Crippen LogP contribution in [0.15, 0.2) is 41.2 Å². The molecule has 3 heterocycles. The minimum Gasteiger partial charge on any atom is -0.480 e. The third-order valence-electron chi connectivity index (χ3n) is 6.58. The van der Waals surface area contributed by atoms with Crippen LogP contribution in [0.4, 0.5) is 17.3 Å². The first kappa shape index (κ1) is 24.1. The molecule has 0 atom stereocenters. The molecule has 0 radical (unpaired) electrons. The maximum atomic E-state index is 12.6. The third kappa shape index (κ3) is 5.20. The van der Waals surface area contributed by atoms with Crippen molar-refractivity contribution in [2.45, 2.75) is 39.5 Å². The van der Waals surface area contributed by atoms with Gasteiger partial charge in [0.25, 0.3) is 5.56 Å². The monoisotopic (exact) mass is 482 g/mol. The predicted octanol–water partition coefficient (Wildman–Crippen LogP) is 5.31. The number of anilines is 3. The lowest BCUT2D eigenvalue weighted by Crippen LogP contribution is -2.34. The Balaban J connectivity index is 1.59. The molecule has 1 N–H and O–H groups in total. The molecule has 0 aliphatic carbocycles. The summed E-state index contributed by atoms with van der Waals surface area (Å²) in [5.41, 5.74) is 1.27. The summed E-state index contributed by atoms with van der Waals surface area (Å²) in [6, 6.07) is 11.2. The van der Waals surface area contributed by atoms with Crippen molar-refractivity contribution in [2.24, 2.45) is 13.0 Å². The van der Waals surface area contributed by atoms with Gasteiger partial charge in [0.05, 0.1) is 10.5 Å². The van der Waals surface area contributed by atoms with Crippen LogP contribution in [0.5, 0.6) is 5.75 Å². The number of piperidine rings is 1. The number of carbonyl (C=O) groups is 1. The van der Waals surface area contributed by atoms with Crippen molar-refractivity contribution < 1.29 is 9.53 Å². The molecule has 0 unspecified atom stereocenters. The number of fused-ring (bicyclic) bond motifs is 1. The van der Waals surface area contributed by atoms with Gasteiger partial charge in [0, 0.05) is 37.6 Å². The Bertz CT molecular complexity index is 1250. The third-order valence-corrected chi connectivity index (χ3v) is 6.89. The lowest BCUT2D eigenvalue weighted by atomic mass is 9.94. The molecular formula is C26H31ClN4O3. The van der Waals surface area contributed by atoms with Gasteiger partial charge in [-0.05, 0) is 55.2 Å². The molecule has 0 amide bonds. The molecule has 0 bridgehead atoms. The lowest BCUT2D eigenvalue weighted by molar-refractivity contribution is -0.120. The Morgan fingerprint density at radius 2 is 1.94 bits per heavy atom. The van der Waals surface area contributed by atoms with Crippen molar-refractivity contribution in [3.63, 3.8) is 0 Å². The summed E-state index contributed by atoms with van der Waals surface area (Å²) in [7, 11) is 1.69. The SMILES string of the molecule is CCC(=O)COc1cc2cc(Nc3nc(N4CCC(CC)CC4)ccc3Cl)ccc2n(C)c1=O. The second kappa shape index (κ2) is 10.5. The van der Waals surface area contributed by atoms with Crippen LogP contribution in [-0.2, 0) is 11.8 Å². The molecule has 1 aromatic carbocycles. The summed E-state index contributed by atoms with van der Waals surface area (Å²) in [6.07, 6.45) is 3.96. The number of ketones is 1. The second-order valence-corrected chi connectivity index (χ2v) is 9.20. The Kier molecular flexibility index (Phi) is 7.41. The fourth-order valence-corrected chi connectivity index (χ4v) is 4.45. The highest BCUT2D eigenvalue weighted by atomic mass is 35.5. The fraction of sp³-hybridized carbons (Fsp3) is 0.423. The van der Waals surface area contributed by atoms with E-state index in [-0.39, 0.29) is 23.7 Å². The number of aromatic nitrogens is 2.